The lowest BCUT2D eigenvalue weighted by Gasteiger charge is -2.05. The number of aliphatic hydroxyl groups is 1. The van der Waals surface area contributed by atoms with Gasteiger partial charge < -0.3 is 15.6 Å². The number of carbonyl (C=O) groups excluding carboxylic acids is 1. The van der Waals surface area contributed by atoms with Gasteiger partial charge in [-0.05, 0) is 12.5 Å². The van der Waals surface area contributed by atoms with Crippen LogP contribution in [0.4, 0.5) is 0 Å². The van der Waals surface area contributed by atoms with Crippen molar-refractivity contribution >= 4 is 5.91 Å². The van der Waals surface area contributed by atoms with Gasteiger partial charge in [-0.15, -0.1) is 0 Å². The van der Waals surface area contributed by atoms with Gasteiger partial charge in [0.15, 0.2) is 5.76 Å². The van der Waals surface area contributed by atoms with Crippen molar-refractivity contribution in [3.63, 3.8) is 0 Å². The Labute approximate surface area is 72.0 Å². The fourth-order valence-corrected chi connectivity index (χ4v) is 0.640. The van der Waals surface area contributed by atoms with Crippen molar-refractivity contribution in [2.75, 3.05) is 13.2 Å². The predicted molar refractivity (Wildman–Crippen MR) is 45.2 cm³/mol. The molecule has 0 spiro atoms. The van der Waals surface area contributed by atoms with Gasteiger partial charge in [-0.25, -0.2) is 0 Å². The maximum absolute atomic E-state index is 10.6. The van der Waals surface area contributed by atoms with Crippen LogP contribution in [0.25, 0.3) is 0 Å². The SMILES string of the molecule is CCCCO/C(=C/CO)C(N)=O. The van der Waals surface area contributed by atoms with E-state index in [2.05, 4.69) is 0 Å². The summed E-state index contributed by atoms with van der Waals surface area (Å²) in [6.45, 7) is 2.25. The summed E-state index contributed by atoms with van der Waals surface area (Å²) in [7, 11) is 0. The first-order chi connectivity index (χ1) is 5.72. The number of primary amides is 1. The van der Waals surface area contributed by atoms with Crippen LogP contribution in [0.15, 0.2) is 11.8 Å². The first kappa shape index (κ1) is 11.0. The van der Waals surface area contributed by atoms with E-state index in [1.54, 1.807) is 0 Å². The lowest BCUT2D eigenvalue weighted by molar-refractivity contribution is -0.118. The van der Waals surface area contributed by atoms with Gasteiger partial charge in [0.05, 0.1) is 13.2 Å². The minimum atomic E-state index is -0.639. The average Bonchev–Trinajstić information content (AvgIpc) is 2.03. The van der Waals surface area contributed by atoms with Crippen LogP contribution < -0.4 is 5.73 Å². The molecular weight excluding hydrogens is 158 g/mol. The minimum absolute atomic E-state index is 0.0472. The minimum Gasteiger partial charge on any atom is -0.488 e. The summed E-state index contributed by atoms with van der Waals surface area (Å²) in [6, 6.07) is 0. The molecule has 0 aliphatic rings. The number of unbranched alkanes of at least 4 members (excludes halogenated alkanes) is 1. The molecular formula is C8H15NO3. The number of ether oxygens (including phenoxy) is 1. The van der Waals surface area contributed by atoms with E-state index in [4.69, 9.17) is 15.6 Å². The monoisotopic (exact) mass is 173 g/mol. The summed E-state index contributed by atoms with van der Waals surface area (Å²) in [5.74, 6) is -0.592. The standard InChI is InChI=1S/C8H15NO3/c1-2-3-6-12-7(4-5-10)8(9)11/h4,10H,2-3,5-6H2,1H3,(H2,9,11)/b7-4+. The van der Waals surface area contributed by atoms with E-state index in [1.807, 2.05) is 6.92 Å². The molecule has 0 radical (unpaired) electrons. The van der Waals surface area contributed by atoms with E-state index in [0.717, 1.165) is 12.8 Å². The topological polar surface area (TPSA) is 72.6 Å². The fraction of sp³-hybridized carbons (Fsp3) is 0.625. The normalized spacial score (nSPS) is 11.3. The number of hydrogen-bond donors (Lipinski definition) is 2. The zero-order valence-corrected chi connectivity index (χ0v) is 7.25. The van der Waals surface area contributed by atoms with Gasteiger partial charge in [0, 0.05) is 0 Å². The lowest BCUT2D eigenvalue weighted by atomic mass is 10.3. The molecule has 12 heavy (non-hydrogen) atoms. The highest BCUT2D eigenvalue weighted by Crippen LogP contribution is 1.98. The van der Waals surface area contributed by atoms with Gasteiger partial charge in [-0.2, -0.15) is 0 Å². The molecule has 1 amide bonds. The van der Waals surface area contributed by atoms with Gasteiger partial charge in [-0.3, -0.25) is 4.79 Å². The Morgan fingerprint density at radius 1 is 1.67 bits per heavy atom. The molecule has 0 aromatic rings. The Morgan fingerprint density at radius 2 is 2.33 bits per heavy atom. The van der Waals surface area contributed by atoms with Crippen molar-refractivity contribution in [2.24, 2.45) is 5.73 Å². The van der Waals surface area contributed by atoms with E-state index < -0.39 is 5.91 Å². The molecule has 4 nitrogen and oxygen atoms in total. The largest absolute Gasteiger partial charge is 0.488 e. The molecule has 3 N–H and O–H groups in total. The molecule has 0 atom stereocenters. The lowest BCUT2D eigenvalue weighted by Crippen LogP contribution is -2.17. The maximum Gasteiger partial charge on any atom is 0.283 e. The number of rotatable bonds is 6. The zero-order valence-electron chi connectivity index (χ0n) is 7.25. The molecule has 0 bridgehead atoms. The van der Waals surface area contributed by atoms with E-state index in [1.165, 1.54) is 6.08 Å². The van der Waals surface area contributed by atoms with Gasteiger partial charge in [0.1, 0.15) is 0 Å². The summed E-state index contributed by atoms with van der Waals surface area (Å²) >= 11 is 0. The molecule has 0 aromatic carbocycles. The third-order valence-electron chi connectivity index (χ3n) is 1.27. The molecule has 0 rings (SSSR count). The molecule has 70 valence electrons. The van der Waals surface area contributed by atoms with Gasteiger partial charge in [0.2, 0.25) is 0 Å². The number of amides is 1. The van der Waals surface area contributed by atoms with Crippen molar-refractivity contribution in [2.45, 2.75) is 19.8 Å². The summed E-state index contributed by atoms with van der Waals surface area (Å²) < 4.78 is 5.01. The molecule has 0 saturated heterocycles. The zero-order chi connectivity index (χ0) is 9.40. The Kier molecular flexibility index (Phi) is 6.09. The average molecular weight is 173 g/mol. The first-order valence-electron chi connectivity index (χ1n) is 3.96. The fourth-order valence-electron chi connectivity index (χ4n) is 0.640. The van der Waals surface area contributed by atoms with Crippen molar-refractivity contribution in [3.05, 3.63) is 11.8 Å². The molecule has 0 aliphatic carbocycles. The molecule has 0 saturated carbocycles. The van der Waals surface area contributed by atoms with Crippen LogP contribution in [0.3, 0.4) is 0 Å². The van der Waals surface area contributed by atoms with Crippen LogP contribution in [0.1, 0.15) is 19.8 Å². The highest BCUT2D eigenvalue weighted by Gasteiger charge is 2.03. The van der Waals surface area contributed by atoms with Crippen LogP contribution in [0.2, 0.25) is 0 Å². The van der Waals surface area contributed by atoms with Crippen molar-refractivity contribution < 1.29 is 14.6 Å². The predicted octanol–water partition coefficient (Wildman–Crippen LogP) is 0.165. The molecule has 0 fully saturated rings. The van der Waals surface area contributed by atoms with Gasteiger partial charge in [-0.1, -0.05) is 13.3 Å². The van der Waals surface area contributed by atoms with Crippen LogP contribution >= 0.6 is 0 Å². The molecule has 0 unspecified atom stereocenters. The third-order valence-corrected chi connectivity index (χ3v) is 1.27. The molecule has 0 aromatic heterocycles. The van der Waals surface area contributed by atoms with E-state index in [9.17, 15) is 4.79 Å². The highest BCUT2D eigenvalue weighted by molar-refractivity contribution is 5.89. The second-order valence-electron chi connectivity index (χ2n) is 2.32. The summed E-state index contributed by atoms with van der Waals surface area (Å²) in [6.07, 6.45) is 3.12. The summed E-state index contributed by atoms with van der Waals surface area (Å²) in [5.41, 5.74) is 4.96. The molecule has 4 heteroatoms. The van der Waals surface area contributed by atoms with E-state index in [-0.39, 0.29) is 12.4 Å². The smallest absolute Gasteiger partial charge is 0.283 e. The number of aliphatic hydroxyl groups excluding tert-OH is 1. The Morgan fingerprint density at radius 3 is 2.75 bits per heavy atom. The third kappa shape index (κ3) is 4.73. The van der Waals surface area contributed by atoms with Crippen LogP contribution in [0.5, 0.6) is 0 Å². The number of hydrogen-bond acceptors (Lipinski definition) is 3. The molecule has 0 aliphatic heterocycles. The van der Waals surface area contributed by atoms with Crippen LogP contribution in [0, 0.1) is 0 Å². The Balaban J connectivity index is 3.81. The van der Waals surface area contributed by atoms with Crippen molar-refractivity contribution in [3.8, 4) is 0 Å². The molecule has 0 heterocycles. The van der Waals surface area contributed by atoms with Crippen molar-refractivity contribution in [1.29, 1.82) is 0 Å². The van der Waals surface area contributed by atoms with Crippen molar-refractivity contribution in [1.82, 2.24) is 0 Å². The number of carbonyl (C=O) groups is 1. The highest BCUT2D eigenvalue weighted by atomic mass is 16.5. The first-order valence-corrected chi connectivity index (χ1v) is 3.96. The summed E-state index contributed by atoms with van der Waals surface area (Å²) in [4.78, 5) is 10.6. The van der Waals surface area contributed by atoms with E-state index >= 15 is 0 Å². The Hall–Kier alpha value is -1.03. The van der Waals surface area contributed by atoms with Crippen LogP contribution in [-0.2, 0) is 9.53 Å². The maximum atomic E-state index is 10.6. The second kappa shape index (κ2) is 6.67. The quantitative estimate of drug-likeness (QED) is 0.341. The van der Waals surface area contributed by atoms with E-state index in [0.29, 0.717) is 6.61 Å². The van der Waals surface area contributed by atoms with Crippen LogP contribution in [-0.4, -0.2) is 24.2 Å². The second-order valence-corrected chi connectivity index (χ2v) is 2.32. The van der Waals surface area contributed by atoms with Gasteiger partial charge in [0.25, 0.3) is 5.91 Å². The summed E-state index contributed by atoms with van der Waals surface area (Å²) in [5, 5.41) is 8.48. The Bertz CT molecular complexity index is 166. The number of nitrogens with two attached hydrogens (primary N) is 1. The van der Waals surface area contributed by atoms with Gasteiger partial charge >= 0.3 is 0 Å².